The Kier molecular flexibility index (Phi) is 3.23. The maximum absolute atomic E-state index is 8.73. The summed E-state index contributed by atoms with van der Waals surface area (Å²) in [6.07, 6.45) is 1.96. The highest BCUT2D eigenvalue weighted by atomic mass is 14.9. The van der Waals surface area contributed by atoms with Gasteiger partial charge in [0.05, 0.1) is 6.07 Å². The quantitative estimate of drug-likeness (QED) is 0.846. The summed E-state index contributed by atoms with van der Waals surface area (Å²) in [6, 6.07) is 10.6. The molecule has 0 amide bonds. The summed E-state index contributed by atoms with van der Waals surface area (Å²) in [5.41, 5.74) is 2.39. The van der Waals surface area contributed by atoms with E-state index in [1.807, 2.05) is 16.8 Å². The van der Waals surface area contributed by atoms with Crippen LogP contribution in [0.4, 0.5) is 0 Å². The van der Waals surface area contributed by atoms with E-state index < -0.39 is 0 Å². The Hall–Kier alpha value is -1.79. The van der Waals surface area contributed by atoms with E-state index in [-0.39, 0.29) is 0 Å². The fourth-order valence-corrected chi connectivity index (χ4v) is 1.82. The minimum atomic E-state index is 0.411. The van der Waals surface area contributed by atoms with E-state index in [1.165, 1.54) is 10.9 Å². The molecular formula is C13H15N3. The molecule has 0 saturated carbocycles. The Balaban J connectivity index is 2.35. The number of nitriles is 1. The second-order valence-corrected chi connectivity index (χ2v) is 3.78. The SMILES string of the molecule is CCNCc1ccc2ccn(CC#N)c2c1. The van der Waals surface area contributed by atoms with Crippen LogP contribution in [0.25, 0.3) is 10.9 Å². The number of rotatable bonds is 4. The molecule has 0 fully saturated rings. The van der Waals surface area contributed by atoms with Gasteiger partial charge in [-0.3, -0.25) is 0 Å². The molecule has 3 nitrogen and oxygen atoms in total. The molecule has 0 spiro atoms. The number of hydrogen-bond acceptors (Lipinski definition) is 2. The van der Waals surface area contributed by atoms with E-state index in [1.54, 1.807) is 0 Å². The highest BCUT2D eigenvalue weighted by Crippen LogP contribution is 2.17. The fraction of sp³-hybridized carbons (Fsp3) is 0.308. The maximum atomic E-state index is 8.73. The first kappa shape index (κ1) is 10.7. The third kappa shape index (κ3) is 2.07. The van der Waals surface area contributed by atoms with Gasteiger partial charge >= 0.3 is 0 Å². The van der Waals surface area contributed by atoms with Crippen LogP contribution >= 0.6 is 0 Å². The van der Waals surface area contributed by atoms with Gasteiger partial charge in [-0.05, 0) is 29.6 Å². The van der Waals surface area contributed by atoms with Crippen LogP contribution in [-0.2, 0) is 13.1 Å². The van der Waals surface area contributed by atoms with Gasteiger partial charge in [0.25, 0.3) is 0 Å². The zero-order valence-electron chi connectivity index (χ0n) is 9.40. The molecule has 1 aromatic carbocycles. The topological polar surface area (TPSA) is 40.8 Å². The molecular weight excluding hydrogens is 198 g/mol. The van der Waals surface area contributed by atoms with Crippen LogP contribution < -0.4 is 5.32 Å². The van der Waals surface area contributed by atoms with Crippen LogP contribution in [0, 0.1) is 11.3 Å². The summed E-state index contributed by atoms with van der Waals surface area (Å²) < 4.78 is 1.98. The van der Waals surface area contributed by atoms with Gasteiger partial charge in [0.1, 0.15) is 6.54 Å². The van der Waals surface area contributed by atoms with E-state index >= 15 is 0 Å². The molecule has 0 unspecified atom stereocenters. The standard InChI is InChI=1S/C13H15N3/c1-2-15-10-11-3-4-12-5-7-16(8-6-14)13(12)9-11/h3-5,7,9,15H,2,8,10H2,1H3. The normalized spacial score (nSPS) is 10.5. The van der Waals surface area contributed by atoms with Crippen molar-refractivity contribution < 1.29 is 0 Å². The summed E-state index contributed by atoms with van der Waals surface area (Å²) in [7, 11) is 0. The van der Waals surface area contributed by atoms with E-state index in [2.05, 4.69) is 36.5 Å². The minimum Gasteiger partial charge on any atom is -0.334 e. The predicted molar refractivity (Wildman–Crippen MR) is 64.9 cm³/mol. The van der Waals surface area contributed by atoms with Gasteiger partial charge in [-0.25, -0.2) is 0 Å². The summed E-state index contributed by atoms with van der Waals surface area (Å²) in [6.45, 7) is 4.35. The van der Waals surface area contributed by atoms with Gasteiger partial charge < -0.3 is 9.88 Å². The zero-order chi connectivity index (χ0) is 11.4. The molecule has 3 heteroatoms. The Morgan fingerprint density at radius 3 is 3.00 bits per heavy atom. The Morgan fingerprint density at radius 1 is 1.38 bits per heavy atom. The molecule has 0 bridgehead atoms. The molecule has 2 aromatic rings. The van der Waals surface area contributed by atoms with Crippen molar-refractivity contribution in [2.24, 2.45) is 0 Å². The van der Waals surface area contributed by atoms with Gasteiger partial charge in [-0.1, -0.05) is 19.1 Å². The van der Waals surface area contributed by atoms with Crippen LogP contribution in [-0.4, -0.2) is 11.1 Å². The minimum absolute atomic E-state index is 0.411. The number of fused-ring (bicyclic) bond motifs is 1. The Bertz CT molecular complexity index is 519. The lowest BCUT2D eigenvalue weighted by molar-refractivity contribution is 0.727. The molecule has 16 heavy (non-hydrogen) atoms. The van der Waals surface area contributed by atoms with Crippen molar-refractivity contribution in [3.63, 3.8) is 0 Å². The Labute approximate surface area is 95.3 Å². The van der Waals surface area contributed by atoms with Gasteiger partial charge in [-0.2, -0.15) is 5.26 Å². The molecule has 0 saturated heterocycles. The first-order valence-electron chi connectivity index (χ1n) is 5.50. The highest BCUT2D eigenvalue weighted by Gasteiger charge is 2.01. The first-order valence-corrected chi connectivity index (χ1v) is 5.50. The number of aromatic nitrogens is 1. The van der Waals surface area contributed by atoms with Crippen molar-refractivity contribution in [2.75, 3.05) is 6.54 Å². The summed E-state index contributed by atoms with van der Waals surface area (Å²) in [4.78, 5) is 0. The number of nitrogens with zero attached hydrogens (tertiary/aromatic N) is 2. The summed E-state index contributed by atoms with van der Waals surface area (Å²) >= 11 is 0. The third-order valence-electron chi connectivity index (χ3n) is 2.66. The van der Waals surface area contributed by atoms with Gasteiger partial charge in [-0.15, -0.1) is 0 Å². The van der Waals surface area contributed by atoms with Crippen LogP contribution in [0.1, 0.15) is 12.5 Å². The van der Waals surface area contributed by atoms with Crippen LogP contribution in [0.5, 0.6) is 0 Å². The lowest BCUT2D eigenvalue weighted by Gasteiger charge is -2.04. The average Bonchev–Trinajstić information content (AvgIpc) is 2.70. The lowest BCUT2D eigenvalue weighted by Crippen LogP contribution is -2.11. The first-order chi connectivity index (χ1) is 7.85. The lowest BCUT2D eigenvalue weighted by atomic mass is 10.1. The second kappa shape index (κ2) is 4.82. The van der Waals surface area contributed by atoms with Crippen LogP contribution in [0.3, 0.4) is 0 Å². The molecule has 0 atom stereocenters. The van der Waals surface area contributed by atoms with Crippen molar-refractivity contribution in [3.05, 3.63) is 36.0 Å². The van der Waals surface area contributed by atoms with Gasteiger partial charge in [0.15, 0.2) is 0 Å². The summed E-state index contributed by atoms with van der Waals surface area (Å²) in [5.74, 6) is 0. The number of nitrogens with one attached hydrogen (secondary N) is 1. The van der Waals surface area contributed by atoms with E-state index in [0.29, 0.717) is 6.54 Å². The van der Waals surface area contributed by atoms with Gasteiger partial charge in [0.2, 0.25) is 0 Å². The molecule has 0 radical (unpaired) electrons. The van der Waals surface area contributed by atoms with Crippen molar-refractivity contribution in [1.82, 2.24) is 9.88 Å². The molecule has 0 aliphatic carbocycles. The predicted octanol–water partition coefficient (Wildman–Crippen LogP) is 2.27. The largest absolute Gasteiger partial charge is 0.334 e. The van der Waals surface area contributed by atoms with E-state index in [4.69, 9.17) is 5.26 Å². The van der Waals surface area contributed by atoms with Crippen molar-refractivity contribution in [2.45, 2.75) is 20.0 Å². The maximum Gasteiger partial charge on any atom is 0.110 e. The zero-order valence-corrected chi connectivity index (χ0v) is 9.40. The molecule has 1 N–H and O–H groups in total. The van der Waals surface area contributed by atoms with Crippen molar-refractivity contribution in [3.8, 4) is 6.07 Å². The average molecular weight is 213 g/mol. The second-order valence-electron chi connectivity index (χ2n) is 3.78. The Morgan fingerprint density at radius 2 is 2.25 bits per heavy atom. The molecule has 0 aliphatic rings. The van der Waals surface area contributed by atoms with E-state index in [9.17, 15) is 0 Å². The molecule has 82 valence electrons. The smallest absolute Gasteiger partial charge is 0.110 e. The number of hydrogen-bond donors (Lipinski definition) is 1. The monoisotopic (exact) mass is 213 g/mol. The van der Waals surface area contributed by atoms with Crippen molar-refractivity contribution in [1.29, 1.82) is 5.26 Å². The summed E-state index contributed by atoms with van der Waals surface area (Å²) in [5, 5.41) is 13.2. The van der Waals surface area contributed by atoms with E-state index in [0.717, 1.165) is 18.6 Å². The molecule has 2 rings (SSSR count). The number of benzene rings is 1. The fourth-order valence-electron chi connectivity index (χ4n) is 1.82. The van der Waals surface area contributed by atoms with Crippen LogP contribution in [0.15, 0.2) is 30.5 Å². The highest BCUT2D eigenvalue weighted by molar-refractivity contribution is 5.80. The molecule has 1 heterocycles. The van der Waals surface area contributed by atoms with Crippen molar-refractivity contribution >= 4 is 10.9 Å². The van der Waals surface area contributed by atoms with Gasteiger partial charge in [0, 0.05) is 18.3 Å². The van der Waals surface area contributed by atoms with Crippen LogP contribution in [0.2, 0.25) is 0 Å². The third-order valence-corrected chi connectivity index (χ3v) is 2.66. The molecule has 0 aliphatic heterocycles. The molecule has 1 aromatic heterocycles.